The highest BCUT2D eigenvalue weighted by atomic mass is 16.8. The van der Waals surface area contributed by atoms with Gasteiger partial charge in [-0.15, -0.1) is 0 Å². The number of hydrogen-bond acceptors (Lipinski definition) is 29. The fraction of sp³-hybridized carbons (Fsp3) is 1.00. The van der Waals surface area contributed by atoms with Crippen LogP contribution >= 0.6 is 0 Å². The first kappa shape index (κ1) is 53.2. The molecule has 6 heterocycles. The summed E-state index contributed by atoms with van der Waals surface area (Å²) >= 11 is 0. The molecule has 29 nitrogen and oxygen atoms in total. The second-order valence-electron chi connectivity index (χ2n) is 16.8. The van der Waals surface area contributed by atoms with Gasteiger partial charge < -0.3 is 144 Å². The number of rotatable bonds is 14. The molecule has 6 saturated heterocycles. The van der Waals surface area contributed by atoms with Crippen molar-refractivity contribution in [3.05, 3.63) is 0 Å². The van der Waals surface area contributed by atoms with Gasteiger partial charge in [-0.05, 0) is 13.8 Å². The minimum Gasteiger partial charge on any atom is -0.394 e. The fourth-order valence-electron chi connectivity index (χ4n) is 8.27. The third kappa shape index (κ3) is 10.9. The Morgan fingerprint density at radius 3 is 1.23 bits per heavy atom. The van der Waals surface area contributed by atoms with Crippen LogP contribution < -0.4 is 0 Å². The highest BCUT2D eigenvalue weighted by molar-refractivity contribution is 4.99. The van der Waals surface area contributed by atoms with E-state index in [2.05, 4.69) is 0 Å². The minimum absolute atomic E-state index is 0.795. The molecule has 0 aromatic rings. The van der Waals surface area contributed by atoms with E-state index < -0.39 is 211 Å². The van der Waals surface area contributed by atoms with E-state index in [1.165, 1.54) is 13.8 Å². The molecule has 380 valence electrons. The second kappa shape index (κ2) is 22.3. The van der Waals surface area contributed by atoms with Crippen molar-refractivity contribution in [2.75, 3.05) is 26.4 Å². The van der Waals surface area contributed by atoms with Gasteiger partial charge in [0.1, 0.15) is 134 Å². The van der Waals surface area contributed by atoms with Crippen molar-refractivity contribution in [1.29, 1.82) is 0 Å². The molecular weight excluding hydrogens is 896 g/mol. The molecular formula is C36H62O29. The highest BCUT2D eigenvalue weighted by Crippen LogP contribution is 2.36. The Bertz CT molecular complexity index is 1470. The Balaban J connectivity index is 1.22. The van der Waals surface area contributed by atoms with Crippen LogP contribution in [0.2, 0.25) is 0 Å². The molecule has 0 bridgehead atoms. The molecule has 0 spiro atoms. The second-order valence-corrected chi connectivity index (χ2v) is 16.8. The molecule has 6 aliphatic rings. The lowest BCUT2D eigenvalue weighted by Crippen LogP contribution is -2.68. The molecule has 65 heavy (non-hydrogen) atoms. The summed E-state index contributed by atoms with van der Waals surface area (Å²) in [6, 6.07) is 0. The number of aliphatic hydroxyl groups excluding tert-OH is 18. The third-order valence-corrected chi connectivity index (χ3v) is 12.3. The minimum atomic E-state index is -2.19. The van der Waals surface area contributed by atoms with Crippen LogP contribution in [0.4, 0.5) is 0 Å². The van der Waals surface area contributed by atoms with Crippen LogP contribution in [0.5, 0.6) is 0 Å². The van der Waals surface area contributed by atoms with Gasteiger partial charge in [0.05, 0.1) is 38.6 Å². The molecule has 0 aliphatic carbocycles. The van der Waals surface area contributed by atoms with E-state index in [4.69, 9.17) is 52.1 Å². The maximum atomic E-state index is 11.6. The average Bonchev–Trinajstić information content (AvgIpc) is 3.28. The van der Waals surface area contributed by atoms with E-state index in [1.54, 1.807) is 0 Å². The highest BCUT2D eigenvalue weighted by Gasteiger charge is 2.57. The van der Waals surface area contributed by atoms with Crippen LogP contribution in [0.25, 0.3) is 0 Å². The standard InChI is InChI=1S/C36H62O29/c1-7-13(40)18(45)22(49)32(56-7)55-6-12-27(62-33-23(50)19(46)15(42)9(3-37)59-33)21(48)25(52)35(61-12)63-28-14(41)8(2)57-36(26(28)53)65-30-29(17(44)11(5-39)58-31(30)54)64-34-24(51)20(47)16(43)10(4-38)60-34/h7-54H,3-6H2,1-2H3/t7-,8-,9+,10+,11+,12+,13-,14-,15+,16+,17+,18+,19-,20-,21+,22+,23+,24+,25+,26+,27+,28+,29-,30+,31+,32+,33+,34-,35+,36-/m0/s1. The van der Waals surface area contributed by atoms with Crippen molar-refractivity contribution >= 4 is 0 Å². The molecule has 0 aromatic carbocycles. The summed E-state index contributed by atoms with van der Waals surface area (Å²) in [5.74, 6) is 0. The van der Waals surface area contributed by atoms with Gasteiger partial charge in [-0.25, -0.2) is 0 Å². The van der Waals surface area contributed by atoms with Gasteiger partial charge in [0, 0.05) is 0 Å². The molecule has 0 unspecified atom stereocenters. The van der Waals surface area contributed by atoms with E-state index in [9.17, 15) is 91.9 Å². The zero-order valence-corrected chi connectivity index (χ0v) is 34.7. The summed E-state index contributed by atoms with van der Waals surface area (Å²) in [5.41, 5.74) is 0. The van der Waals surface area contributed by atoms with E-state index >= 15 is 0 Å². The SMILES string of the molecule is C[C@@H]1O[C@@H](OC[C@H]2O[C@H](O[C@@H]3[C@@H](O)[C@H](C)O[C@@H](O[C@@H]4[C@@H](O[C@@H]5O[C@H](CO)[C@@H](O)[C@H](O)[C@H]5O)[C@H](O)[C@@H](CO)O[C@H]4O)[C@@H]3O)[C@H](O)[C@@H](O)[C@@H]2O[C@H]2O[C@H](CO)[C@@H](O)[C@H](O)[C@H]2O)[C@H](O)[C@H](O)[C@H]1O. The van der Waals surface area contributed by atoms with Crippen molar-refractivity contribution in [3.63, 3.8) is 0 Å². The van der Waals surface area contributed by atoms with Crippen molar-refractivity contribution in [1.82, 2.24) is 0 Å². The van der Waals surface area contributed by atoms with Gasteiger partial charge in [-0.3, -0.25) is 0 Å². The molecule has 0 amide bonds. The zero-order valence-electron chi connectivity index (χ0n) is 34.7. The number of ether oxygens (including phenoxy) is 11. The summed E-state index contributed by atoms with van der Waals surface area (Å²) < 4.78 is 61.8. The predicted octanol–water partition coefficient (Wildman–Crippen LogP) is -12.0. The van der Waals surface area contributed by atoms with Gasteiger partial charge in [0.25, 0.3) is 0 Å². The van der Waals surface area contributed by atoms with Crippen molar-refractivity contribution in [2.45, 2.75) is 198 Å². The number of aliphatic hydroxyl groups is 18. The summed E-state index contributed by atoms with van der Waals surface area (Å²) in [5, 5.41) is 190. The quantitative estimate of drug-likeness (QED) is 0.0768. The monoisotopic (exact) mass is 958 g/mol. The lowest BCUT2D eigenvalue weighted by molar-refractivity contribution is -0.400. The summed E-state index contributed by atoms with van der Waals surface area (Å²) in [6.45, 7) is -0.814. The van der Waals surface area contributed by atoms with Crippen LogP contribution in [0.3, 0.4) is 0 Å². The van der Waals surface area contributed by atoms with E-state index in [-0.39, 0.29) is 0 Å². The van der Waals surface area contributed by atoms with Crippen LogP contribution in [-0.2, 0) is 52.1 Å². The van der Waals surface area contributed by atoms with Gasteiger partial charge >= 0.3 is 0 Å². The Kier molecular flexibility index (Phi) is 18.2. The van der Waals surface area contributed by atoms with Gasteiger partial charge in [-0.1, -0.05) is 0 Å². The molecule has 6 aliphatic heterocycles. The molecule has 29 heteroatoms. The lowest BCUT2D eigenvalue weighted by atomic mass is 9.95. The smallest absolute Gasteiger partial charge is 0.187 e. The predicted molar refractivity (Wildman–Crippen MR) is 196 cm³/mol. The summed E-state index contributed by atoms with van der Waals surface area (Å²) in [4.78, 5) is 0. The fourth-order valence-corrected chi connectivity index (χ4v) is 8.27. The van der Waals surface area contributed by atoms with E-state index in [0.29, 0.717) is 0 Å². The first-order chi connectivity index (χ1) is 30.6. The third-order valence-electron chi connectivity index (χ3n) is 12.3. The first-order valence-corrected chi connectivity index (χ1v) is 20.8. The molecule has 6 fully saturated rings. The molecule has 18 N–H and O–H groups in total. The Morgan fingerprint density at radius 2 is 0.692 bits per heavy atom. The van der Waals surface area contributed by atoms with Crippen LogP contribution in [0.15, 0.2) is 0 Å². The normalized spacial score (nSPS) is 54.6. The van der Waals surface area contributed by atoms with E-state index in [0.717, 1.165) is 0 Å². The molecule has 0 aromatic heterocycles. The van der Waals surface area contributed by atoms with Crippen molar-refractivity contribution < 1.29 is 144 Å². The van der Waals surface area contributed by atoms with Crippen LogP contribution in [0, 0.1) is 0 Å². The van der Waals surface area contributed by atoms with Gasteiger partial charge in [0.15, 0.2) is 37.7 Å². The summed E-state index contributed by atoms with van der Waals surface area (Å²) in [7, 11) is 0. The summed E-state index contributed by atoms with van der Waals surface area (Å²) in [6.07, 6.45) is -54.9. The average molecular weight is 959 g/mol. The Hall–Kier alpha value is -1.16. The van der Waals surface area contributed by atoms with Gasteiger partial charge in [0.2, 0.25) is 0 Å². The maximum absolute atomic E-state index is 11.6. The topological polar surface area (TPSA) is 466 Å². The van der Waals surface area contributed by atoms with Gasteiger partial charge in [-0.2, -0.15) is 0 Å². The molecule has 6 rings (SSSR count). The maximum Gasteiger partial charge on any atom is 0.187 e. The zero-order chi connectivity index (χ0) is 47.9. The molecule has 30 atom stereocenters. The van der Waals surface area contributed by atoms with Crippen LogP contribution in [-0.4, -0.2) is 303 Å². The lowest BCUT2D eigenvalue weighted by Gasteiger charge is -2.49. The van der Waals surface area contributed by atoms with E-state index in [1.807, 2.05) is 0 Å². The van der Waals surface area contributed by atoms with Crippen LogP contribution in [0.1, 0.15) is 13.8 Å². The molecule has 0 saturated carbocycles. The number of hydrogen-bond donors (Lipinski definition) is 18. The first-order valence-electron chi connectivity index (χ1n) is 20.8. The Morgan fingerprint density at radius 1 is 0.308 bits per heavy atom. The largest absolute Gasteiger partial charge is 0.394 e. The molecule has 0 radical (unpaired) electrons. The van der Waals surface area contributed by atoms with Crippen molar-refractivity contribution in [2.24, 2.45) is 0 Å². The van der Waals surface area contributed by atoms with Crippen molar-refractivity contribution in [3.8, 4) is 0 Å². The Labute approximate surface area is 368 Å².